The van der Waals surface area contributed by atoms with Crippen molar-refractivity contribution in [3.8, 4) is 11.5 Å². The fourth-order valence-corrected chi connectivity index (χ4v) is 2.37. The smallest absolute Gasteiger partial charge is 0.171 e. The van der Waals surface area contributed by atoms with Crippen molar-refractivity contribution >= 4 is 0 Å². The van der Waals surface area contributed by atoms with Crippen LogP contribution in [-0.2, 0) is 6.54 Å². The van der Waals surface area contributed by atoms with Crippen LogP contribution in [0.3, 0.4) is 0 Å². The maximum Gasteiger partial charge on any atom is 0.171 e. The zero-order chi connectivity index (χ0) is 16.9. The number of methoxy groups -OCH3 is 1. The van der Waals surface area contributed by atoms with Gasteiger partial charge in [-0.3, -0.25) is 9.78 Å². The predicted molar refractivity (Wildman–Crippen MR) is 87.9 cm³/mol. The number of nitrogens with two attached hydrogens (primary N) is 1. The molecule has 1 unspecified atom stereocenters. The van der Waals surface area contributed by atoms with Gasteiger partial charge in [0.2, 0.25) is 0 Å². The Morgan fingerprint density at radius 3 is 2.92 bits per heavy atom. The molecule has 3 rings (SSSR count). The van der Waals surface area contributed by atoms with E-state index in [2.05, 4.69) is 20.3 Å². The summed E-state index contributed by atoms with van der Waals surface area (Å²) in [5.74, 6) is 2.54. The molecule has 2 heterocycles. The SMILES string of the molecule is CCOc1cc(C(N)c2n[nH]c(Cn3cccn3)n2)ccc1OC. The van der Waals surface area contributed by atoms with Gasteiger partial charge >= 0.3 is 0 Å². The first kappa shape index (κ1) is 16.0. The van der Waals surface area contributed by atoms with Crippen LogP contribution < -0.4 is 15.2 Å². The van der Waals surface area contributed by atoms with E-state index in [9.17, 15) is 0 Å². The van der Waals surface area contributed by atoms with Gasteiger partial charge < -0.3 is 15.2 Å². The van der Waals surface area contributed by atoms with Gasteiger partial charge in [0.15, 0.2) is 17.3 Å². The molecule has 0 radical (unpaired) electrons. The second-order valence-corrected chi connectivity index (χ2v) is 5.16. The first-order valence-corrected chi connectivity index (χ1v) is 7.66. The van der Waals surface area contributed by atoms with Gasteiger partial charge in [0.05, 0.1) is 19.8 Å². The molecule has 0 amide bonds. The Labute approximate surface area is 139 Å². The standard InChI is InChI=1S/C16H20N6O2/c1-3-24-13-9-11(5-6-12(13)23-2)15(17)16-19-14(20-21-16)10-22-8-4-7-18-22/h4-9,15H,3,10,17H2,1-2H3,(H,19,20,21). The van der Waals surface area contributed by atoms with E-state index in [1.54, 1.807) is 18.0 Å². The second kappa shape index (κ2) is 7.14. The summed E-state index contributed by atoms with van der Waals surface area (Å²) in [7, 11) is 1.61. The number of hydrogen-bond donors (Lipinski definition) is 2. The molecule has 0 aliphatic carbocycles. The fourth-order valence-electron chi connectivity index (χ4n) is 2.37. The van der Waals surface area contributed by atoms with E-state index in [0.717, 1.165) is 5.56 Å². The van der Waals surface area contributed by atoms with E-state index in [1.165, 1.54) is 0 Å². The number of H-pyrrole nitrogens is 1. The van der Waals surface area contributed by atoms with E-state index >= 15 is 0 Å². The molecule has 0 bridgehead atoms. The zero-order valence-electron chi connectivity index (χ0n) is 13.6. The number of ether oxygens (including phenoxy) is 2. The number of aromatic amines is 1. The summed E-state index contributed by atoms with van der Waals surface area (Å²) in [4.78, 5) is 4.46. The average molecular weight is 328 g/mol. The van der Waals surface area contributed by atoms with Crippen molar-refractivity contribution in [1.29, 1.82) is 0 Å². The van der Waals surface area contributed by atoms with E-state index in [4.69, 9.17) is 15.2 Å². The summed E-state index contributed by atoms with van der Waals surface area (Å²) in [5.41, 5.74) is 7.15. The molecular formula is C16H20N6O2. The minimum absolute atomic E-state index is 0.460. The van der Waals surface area contributed by atoms with Crippen LogP contribution in [0.2, 0.25) is 0 Å². The maximum atomic E-state index is 6.30. The number of rotatable bonds is 7. The van der Waals surface area contributed by atoms with Crippen LogP contribution in [-0.4, -0.2) is 38.7 Å². The molecule has 0 saturated heterocycles. The Hall–Kier alpha value is -2.87. The van der Waals surface area contributed by atoms with Gasteiger partial charge in [0.25, 0.3) is 0 Å². The Bertz CT molecular complexity index is 784. The number of aromatic nitrogens is 5. The van der Waals surface area contributed by atoms with Crippen molar-refractivity contribution in [2.24, 2.45) is 5.73 Å². The number of hydrogen-bond acceptors (Lipinski definition) is 6. The van der Waals surface area contributed by atoms with Crippen LogP contribution in [0.5, 0.6) is 11.5 Å². The summed E-state index contributed by atoms with van der Waals surface area (Å²) in [6, 6.07) is 6.97. The Balaban J connectivity index is 1.80. The van der Waals surface area contributed by atoms with E-state index < -0.39 is 6.04 Å². The lowest BCUT2D eigenvalue weighted by atomic mass is 10.1. The summed E-state index contributed by atoms with van der Waals surface area (Å²) >= 11 is 0. The highest BCUT2D eigenvalue weighted by atomic mass is 16.5. The third kappa shape index (κ3) is 3.38. The van der Waals surface area contributed by atoms with Gasteiger partial charge in [-0.05, 0) is 30.7 Å². The average Bonchev–Trinajstić information content (AvgIpc) is 3.27. The van der Waals surface area contributed by atoms with Crippen molar-refractivity contribution < 1.29 is 9.47 Å². The lowest BCUT2D eigenvalue weighted by Gasteiger charge is -2.13. The Kier molecular flexibility index (Phi) is 4.76. The molecule has 24 heavy (non-hydrogen) atoms. The van der Waals surface area contributed by atoms with Crippen LogP contribution in [0.4, 0.5) is 0 Å². The molecule has 3 aromatic rings. The third-order valence-electron chi connectivity index (χ3n) is 3.54. The lowest BCUT2D eigenvalue weighted by Crippen LogP contribution is -2.14. The highest BCUT2D eigenvalue weighted by Gasteiger charge is 2.17. The quantitative estimate of drug-likeness (QED) is 0.681. The van der Waals surface area contributed by atoms with Crippen LogP contribution in [0.25, 0.3) is 0 Å². The first-order chi connectivity index (χ1) is 11.7. The second-order valence-electron chi connectivity index (χ2n) is 5.16. The van der Waals surface area contributed by atoms with Crippen LogP contribution in [0, 0.1) is 0 Å². The lowest BCUT2D eigenvalue weighted by molar-refractivity contribution is 0.310. The topological polar surface area (TPSA) is 104 Å². The fraction of sp³-hybridized carbons (Fsp3) is 0.312. The van der Waals surface area contributed by atoms with Gasteiger partial charge in [-0.1, -0.05) is 6.07 Å². The van der Waals surface area contributed by atoms with Crippen molar-refractivity contribution in [3.05, 3.63) is 53.9 Å². The van der Waals surface area contributed by atoms with Gasteiger partial charge in [-0.15, -0.1) is 0 Å². The van der Waals surface area contributed by atoms with Gasteiger partial charge in [0, 0.05) is 12.4 Å². The molecule has 2 aromatic heterocycles. The monoisotopic (exact) mass is 328 g/mol. The summed E-state index contributed by atoms with van der Waals surface area (Å²) in [6.45, 7) is 2.98. The Morgan fingerprint density at radius 2 is 2.21 bits per heavy atom. The summed E-state index contributed by atoms with van der Waals surface area (Å²) in [6.07, 6.45) is 3.58. The van der Waals surface area contributed by atoms with Crippen molar-refractivity contribution in [2.75, 3.05) is 13.7 Å². The first-order valence-electron chi connectivity index (χ1n) is 7.66. The zero-order valence-corrected chi connectivity index (χ0v) is 13.6. The molecule has 126 valence electrons. The number of benzene rings is 1. The predicted octanol–water partition coefficient (Wildman–Crippen LogP) is 1.50. The van der Waals surface area contributed by atoms with Crippen molar-refractivity contribution in [3.63, 3.8) is 0 Å². The summed E-state index contributed by atoms with van der Waals surface area (Å²) in [5, 5.41) is 11.3. The molecule has 8 nitrogen and oxygen atoms in total. The molecule has 0 saturated carbocycles. The minimum Gasteiger partial charge on any atom is -0.493 e. The van der Waals surface area contributed by atoms with E-state index in [1.807, 2.05) is 37.4 Å². The molecule has 0 fully saturated rings. The van der Waals surface area contributed by atoms with Gasteiger partial charge in [0.1, 0.15) is 12.4 Å². The number of nitrogens with one attached hydrogen (secondary N) is 1. The van der Waals surface area contributed by atoms with Crippen LogP contribution in [0.15, 0.2) is 36.7 Å². The van der Waals surface area contributed by atoms with E-state index in [-0.39, 0.29) is 0 Å². The molecule has 8 heteroatoms. The molecule has 0 aliphatic rings. The van der Waals surface area contributed by atoms with Crippen LogP contribution >= 0.6 is 0 Å². The maximum absolute atomic E-state index is 6.30. The third-order valence-corrected chi connectivity index (χ3v) is 3.54. The highest BCUT2D eigenvalue weighted by molar-refractivity contribution is 5.44. The number of nitrogens with zero attached hydrogens (tertiary/aromatic N) is 4. The molecule has 1 atom stereocenters. The molecule has 1 aromatic carbocycles. The van der Waals surface area contributed by atoms with Gasteiger partial charge in [-0.25, -0.2) is 4.98 Å². The van der Waals surface area contributed by atoms with Crippen molar-refractivity contribution in [2.45, 2.75) is 19.5 Å². The molecule has 3 N–H and O–H groups in total. The highest BCUT2D eigenvalue weighted by Crippen LogP contribution is 2.30. The summed E-state index contributed by atoms with van der Waals surface area (Å²) < 4.78 is 12.6. The minimum atomic E-state index is -0.460. The van der Waals surface area contributed by atoms with Crippen molar-refractivity contribution in [1.82, 2.24) is 25.0 Å². The Morgan fingerprint density at radius 1 is 1.33 bits per heavy atom. The largest absolute Gasteiger partial charge is 0.493 e. The van der Waals surface area contributed by atoms with Crippen LogP contribution in [0.1, 0.15) is 30.2 Å². The molecular weight excluding hydrogens is 308 g/mol. The molecule has 0 aliphatic heterocycles. The van der Waals surface area contributed by atoms with E-state index in [0.29, 0.717) is 36.3 Å². The molecule has 0 spiro atoms. The van der Waals surface area contributed by atoms with Gasteiger partial charge in [-0.2, -0.15) is 10.2 Å². The normalized spacial score (nSPS) is 12.1.